The summed E-state index contributed by atoms with van der Waals surface area (Å²) in [5.41, 5.74) is 2.76. The highest BCUT2D eigenvalue weighted by Crippen LogP contribution is 2.28. The van der Waals surface area contributed by atoms with E-state index in [1.54, 1.807) is 6.92 Å². The summed E-state index contributed by atoms with van der Waals surface area (Å²) < 4.78 is 0. The van der Waals surface area contributed by atoms with Gasteiger partial charge < -0.3 is 10.2 Å². The number of hydrogen-bond acceptors (Lipinski definition) is 3. The Balaban J connectivity index is 1.89. The van der Waals surface area contributed by atoms with E-state index < -0.39 is 0 Å². The third kappa shape index (κ3) is 6.83. The average Bonchev–Trinajstić information content (AvgIpc) is 3.51. The first kappa shape index (κ1) is 22.8. The van der Waals surface area contributed by atoms with Gasteiger partial charge in [0.2, 0.25) is 5.91 Å². The maximum absolute atomic E-state index is 12.7. The molecule has 0 spiro atoms. The van der Waals surface area contributed by atoms with Crippen LogP contribution < -0.4 is 10.2 Å². The van der Waals surface area contributed by atoms with Crippen LogP contribution >= 0.6 is 0 Å². The molecule has 1 aromatic rings. The molecule has 0 aromatic heterocycles. The largest absolute Gasteiger partial charge is 0.352 e. The first-order valence-electron chi connectivity index (χ1n) is 11.9. The van der Waals surface area contributed by atoms with Crippen molar-refractivity contribution in [2.75, 3.05) is 31.1 Å². The fraction of sp³-hybridized carbons (Fsp3) is 0.680. The first-order chi connectivity index (χ1) is 14.4. The van der Waals surface area contributed by atoms with Crippen LogP contribution in [0.1, 0.15) is 81.6 Å². The molecular formula is C25H39N3O2. The summed E-state index contributed by atoms with van der Waals surface area (Å²) in [4.78, 5) is 29.6. The molecule has 0 saturated heterocycles. The second kappa shape index (κ2) is 10.9. The minimum absolute atomic E-state index is 0.000556. The number of anilines is 1. The van der Waals surface area contributed by atoms with Crippen molar-refractivity contribution in [1.29, 1.82) is 0 Å². The first-order valence-corrected chi connectivity index (χ1v) is 11.9. The summed E-state index contributed by atoms with van der Waals surface area (Å²) in [7, 11) is 0. The molecule has 1 fully saturated rings. The highest BCUT2D eigenvalue weighted by atomic mass is 16.2. The van der Waals surface area contributed by atoms with Crippen LogP contribution in [-0.2, 0) is 11.3 Å². The van der Waals surface area contributed by atoms with E-state index in [0.717, 1.165) is 56.8 Å². The van der Waals surface area contributed by atoms with Gasteiger partial charge in [-0.3, -0.25) is 14.5 Å². The molecule has 0 unspecified atom stereocenters. The van der Waals surface area contributed by atoms with E-state index in [0.29, 0.717) is 17.4 Å². The third-order valence-electron chi connectivity index (χ3n) is 6.13. The zero-order valence-electron chi connectivity index (χ0n) is 19.1. The average molecular weight is 414 g/mol. The number of carbonyl (C=O) groups excluding carboxylic acids is 2. The van der Waals surface area contributed by atoms with Crippen molar-refractivity contribution in [3.05, 3.63) is 29.3 Å². The van der Waals surface area contributed by atoms with Gasteiger partial charge in [0.15, 0.2) is 0 Å². The lowest BCUT2D eigenvalue weighted by molar-refractivity contribution is -0.116. The summed E-state index contributed by atoms with van der Waals surface area (Å²) >= 11 is 0. The van der Waals surface area contributed by atoms with Crippen LogP contribution in [0.3, 0.4) is 0 Å². The number of nitrogens with one attached hydrogen (secondary N) is 1. The van der Waals surface area contributed by atoms with Gasteiger partial charge in [0, 0.05) is 44.4 Å². The zero-order chi connectivity index (χ0) is 21.5. The van der Waals surface area contributed by atoms with E-state index in [9.17, 15) is 9.59 Å². The van der Waals surface area contributed by atoms with Crippen molar-refractivity contribution in [3.63, 3.8) is 0 Å². The molecule has 5 heteroatoms. The summed E-state index contributed by atoms with van der Waals surface area (Å²) in [6.07, 6.45) is 8.31. The van der Waals surface area contributed by atoms with Crippen molar-refractivity contribution in [1.82, 2.24) is 10.2 Å². The van der Waals surface area contributed by atoms with Gasteiger partial charge >= 0.3 is 0 Å². The van der Waals surface area contributed by atoms with Crippen LogP contribution in [0.15, 0.2) is 18.2 Å². The number of carbonyl (C=O) groups is 2. The highest BCUT2D eigenvalue weighted by molar-refractivity contribution is 5.97. The predicted octanol–water partition coefficient (Wildman–Crippen LogP) is 4.60. The van der Waals surface area contributed by atoms with E-state index >= 15 is 0 Å². The van der Waals surface area contributed by atoms with E-state index in [2.05, 4.69) is 24.1 Å². The van der Waals surface area contributed by atoms with Gasteiger partial charge in [0.25, 0.3) is 5.91 Å². The smallest absolute Gasteiger partial charge is 0.251 e. The minimum Gasteiger partial charge on any atom is -0.352 e. The lowest BCUT2D eigenvalue weighted by Gasteiger charge is -2.30. The molecule has 1 N–H and O–H groups in total. The topological polar surface area (TPSA) is 52.7 Å². The van der Waals surface area contributed by atoms with Crippen LogP contribution in [0, 0.1) is 11.8 Å². The van der Waals surface area contributed by atoms with Gasteiger partial charge in [-0.25, -0.2) is 0 Å². The van der Waals surface area contributed by atoms with E-state index in [1.807, 2.05) is 23.1 Å². The number of hydrogen-bond donors (Lipinski definition) is 1. The number of rotatable bonds is 5. The second-order valence-corrected chi connectivity index (χ2v) is 9.56. The summed E-state index contributed by atoms with van der Waals surface area (Å²) in [5, 5.41) is 3.08. The predicted molar refractivity (Wildman–Crippen MR) is 123 cm³/mol. The Kier molecular flexibility index (Phi) is 8.32. The molecule has 0 atom stereocenters. The normalized spacial score (nSPS) is 19.0. The molecule has 5 nitrogen and oxygen atoms in total. The quantitative estimate of drug-likeness (QED) is 0.767. The molecule has 30 heavy (non-hydrogen) atoms. The van der Waals surface area contributed by atoms with Gasteiger partial charge in [-0.1, -0.05) is 33.1 Å². The van der Waals surface area contributed by atoms with Crippen LogP contribution in [0.2, 0.25) is 0 Å². The lowest BCUT2D eigenvalue weighted by Crippen LogP contribution is -2.34. The monoisotopic (exact) mass is 413 g/mol. The molecule has 1 aliphatic carbocycles. The number of benzene rings is 1. The molecule has 166 valence electrons. The molecule has 1 aliphatic heterocycles. The van der Waals surface area contributed by atoms with E-state index in [4.69, 9.17) is 0 Å². The lowest BCUT2D eigenvalue weighted by atomic mass is 10.0. The van der Waals surface area contributed by atoms with Crippen LogP contribution in [-0.4, -0.2) is 42.9 Å². The van der Waals surface area contributed by atoms with Crippen molar-refractivity contribution < 1.29 is 9.59 Å². The fourth-order valence-electron chi connectivity index (χ4n) is 4.35. The Morgan fingerprint density at radius 3 is 2.43 bits per heavy atom. The Morgan fingerprint density at radius 2 is 1.77 bits per heavy atom. The maximum atomic E-state index is 12.7. The van der Waals surface area contributed by atoms with Crippen molar-refractivity contribution in [3.8, 4) is 0 Å². The minimum atomic E-state index is 0.000556. The third-order valence-corrected chi connectivity index (χ3v) is 6.13. The Hall–Kier alpha value is -1.88. The van der Waals surface area contributed by atoms with Gasteiger partial charge in [-0.15, -0.1) is 0 Å². The SMILES string of the molecule is CC(=O)N1CCCCCCCN(CC(C)C)Cc2cc(C(=O)NCC3CC3)ccc21. The van der Waals surface area contributed by atoms with Crippen LogP contribution in [0.4, 0.5) is 5.69 Å². The molecule has 1 aromatic carbocycles. The molecule has 3 rings (SSSR count). The van der Waals surface area contributed by atoms with Crippen molar-refractivity contribution >= 4 is 17.5 Å². The standard InChI is InChI=1S/C25H39N3O2/c1-19(2)17-27-13-7-5-4-6-8-14-28(20(3)29)24-12-11-22(15-23(24)18-27)25(30)26-16-21-9-10-21/h11-12,15,19,21H,4-10,13-14,16-18H2,1-3H3,(H,26,30). The fourth-order valence-corrected chi connectivity index (χ4v) is 4.35. The Bertz CT molecular complexity index is 727. The summed E-state index contributed by atoms with van der Waals surface area (Å²) in [6, 6.07) is 5.89. The molecule has 0 bridgehead atoms. The van der Waals surface area contributed by atoms with Crippen LogP contribution in [0.25, 0.3) is 0 Å². The zero-order valence-corrected chi connectivity index (χ0v) is 19.1. The van der Waals surface area contributed by atoms with E-state index in [-0.39, 0.29) is 11.8 Å². The van der Waals surface area contributed by atoms with Gasteiger partial charge in [-0.2, -0.15) is 0 Å². The van der Waals surface area contributed by atoms with Crippen LogP contribution in [0.5, 0.6) is 0 Å². The number of nitrogens with zero attached hydrogens (tertiary/aromatic N) is 2. The molecule has 0 radical (unpaired) electrons. The second-order valence-electron chi connectivity index (χ2n) is 9.56. The maximum Gasteiger partial charge on any atom is 0.251 e. The highest BCUT2D eigenvalue weighted by Gasteiger charge is 2.23. The summed E-state index contributed by atoms with van der Waals surface area (Å²) in [5.74, 6) is 1.32. The molecule has 1 saturated carbocycles. The van der Waals surface area contributed by atoms with Crippen molar-refractivity contribution in [2.45, 2.75) is 72.3 Å². The Labute approximate surface area is 182 Å². The number of amides is 2. The number of fused-ring (bicyclic) bond motifs is 1. The molecule has 1 heterocycles. The Morgan fingerprint density at radius 1 is 1.07 bits per heavy atom. The molecule has 2 aliphatic rings. The summed E-state index contributed by atoms with van der Waals surface area (Å²) in [6.45, 7) is 10.5. The molecular weight excluding hydrogens is 374 g/mol. The van der Waals surface area contributed by atoms with Crippen molar-refractivity contribution in [2.24, 2.45) is 11.8 Å². The van der Waals surface area contributed by atoms with Gasteiger partial charge in [0.1, 0.15) is 0 Å². The van der Waals surface area contributed by atoms with Gasteiger partial charge in [0.05, 0.1) is 0 Å². The van der Waals surface area contributed by atoms with E-state index in [1.165, 1.54) is 32.1 Å². The molecule has 2 amide bonds. The van der Waals surface area contributed by atoms with Gasteiger partial charge in [-0.05, 0) is 67.8 Å².